The maximum atomic E-state index is 13.4. The van der Waals surface area contributed by atoms with Crippen LogP contribution in [0.15, 0.2) is 29.8 Å². The van der Waals surface area contributed by atoms with Crippen molar-refractivity contribution in [3.8, 4) is 0 Å². The summed E-state index contributed by atoms with van der Waals surface area (Å²) >= 11 is 1.18. The molecule has 0 amide bonds. The summed E-state index contributed by atoms with van der Waals surface area (Å²) in [6, 6.07) is 2.61. The Kier molecular flexibility index (Phi) is 4.46. The quantitative estimate of drug-likeness (QED) is 0.916. The van der Waals surface area contributed by atoms with Gasteiger partial charge in [-0.1, -0.05) is 6.07 Å². The molecule has 0 aliphatic rings. The monoisotopic (exact) mass is 319 g/mol. The van der Waals surface area contributed by atoms with Crippen LogP contribution in [0.2, 0.25) is 0 Å². The molecule has 0 saturated carbocycles. The molecule has 1 atom stereocenters. The molecule has 0 spiro atoms. The van der Waals surface area contributed by atoms with Crippen LogP contribution in [0.1, 0.15) is 16.7 Å². The third kappa shape index (κ3) is 3.81. The van der Waals surface area contributed by atoms with Gasteiger partial charge in [-0.2, -0.15) is 0 Å². The standard InChI is InChI=1S/C12H11F2NO3S2/c13-8-1-2-9(10(14)5-8)11(16)6-20(17,18)7-12-15-3-4-19-12/h1-5,11,16H,6-7H2. The average Bonchev–Trinajstić information content (AvgIpc) is 2.79. The van der Waals surface area contributed by atoms with Crippen LogP contribution in [0.5, 0.6) is 0 Å². The number of rotatable bonds is 5. The molecule has 0 fully saturated rings. The van der Waals surface area contributed by atoms with E-state index in [1.54, 1.807) is 5.38 Å². The van der Waals surface area contributed by atoms with E-state index in [-0.39, 0.29) is 11.3 Å². The zero-order valence-corrected chi connectivity index (χ0v) is 11.8. The first-order chi connectivity index (χ1) is 9.37. The van der Waals surface area contributed by atoms with Gasteiger partial charge in [0, 0.05) is 23.2 Å². The van der Waals surface area contributed by atoms with Gasteiger partial charge in [-0.25, -0.2) is 22.2 Å². The lowest BCUT2D eigenvalue weighted by Gasteiger charge is -2.12. The summed E-state index contributed by atoms with van der Waals surface area (Å²) in [6.45, 7) is 0. The Morgan fingerprint density at radius 3 is 2.70 bits per heavy atom. The second-order valence-corrected chi connectivity index (χ2v) is 7.25. The fraction of sp³-hybridized carbons (Fsp3) is 0.250. The van der Waals surface area contributed by atoms with E-state index < -0.39 is 33.3 Å². The number of nitrogens with zero attached hydrogens (tertiary/aromatic N) is 1. The van der Waals surface area contributed by atoms with Gasteiger partial charge in [0.05, 0.1) is 11.9 Å². The molecular formula is C12H11F2NO3S2. The number of sulfone groups is 1. The average molecular weight is 319 g/mol. The van der Waals surface area contributed by atoms with Crippen molar-refractivity contribution in [1.29, 1.82) is 0 Å². The maximum Gasteiger partial charge on any atom is 0.159 e. The van der Waals surface area contributed by atoms with Crippen LogP contribution in [-0.2, 0) is 15.6 Å². The second-order valence-electron chi connectivity index (χ2n) is 4.16. The molecule has 20 heavy (non-hydrogen) atoms. The van der Waals surface area contributed by atoms with Crippen molar-refractivity contribution in [2.75, 3.05) is 5.75 Å². The Labute approximate surface area is 118 Å². The topological polar surface area (TPSA) is 67.3 Å². The smallest absolute Gasteiger partial charge is 0.159 e. The number of halogens is 2. The number of aliphatic hydroxyl groups is 1. The Morgan fingerprint density at radius 1 is 1.35 bits per heavy atom. The van der Waals surface area contributed by atoms with Crippen LogP contribution < -0.4 is 0 Å². The van der Waals surface area contributed by atoms with E-state index in [1.807, 2.05) is 0 Å². The fourth-order valence-corrected chi connectivity index (χ4v) is 4.11. The number of aromatic nitrogens is 1. The minimum Gasteiger partial charge on any atom is -0.387 e. The van der Waals surface area contributed by atoms with Gasteiger partial charge in [0.15, 0.2) is 9.84 Å². The van der Waals surface area contributed by atoms with E-state index in [0.717, 1.165) is 12.1 Å². The van der Waals surface area contributed by atoms with E-state index in [2.05, 4.69) is 4.98 Å². The summed E-state index contributed by atoms with van der Waals surface area (Å²) in [4.78, 5) is 3.84. The normalized spacial score (nSPS) is 13.3. The number of aliphatic hydroxyl groups excluding tert-OH is 1. The molecule has 8 heteroatoms. The predicted octanol–water partition coefficient (Wildman–Crippen LogP) is 2.07. The molecular weight excluding hydrogens is 308 g/mol. The van der Waals surface area contributed by atoms with Gasteiger partial charge in [-0.3, -0.25) is 0 Å². The molecule has 0 radical (unpaired) electrons. The van der Waals surface area contributed by atoms with E-state index in [0.29, 0.717) is 11.1 Å². The summed E-state index contributed by atoms with van der Waals surface area (Å²) in [6.07, 6.45) is -0.0634. The van der Waals surface area contributed by atoms with Crippen molar-refractivity contribution in [2.24, 2.45) is 0 Å². The van der Waals surface area contributed by atoms with Crippen molar-refractivity contribution in [2.45, 2.75) is 11.9 Å². The van der Waals surface area contributed by atoms with E-state index in [9.17, 15) is 22.3 Å². The van der Waals surface area contributed by atoms with Gasteiger partial charge in [0.25, 0.3) is 0 Å². The zero-order valence-electron chi connectivity index (χ0n) is 10.2. The summed E-state index contributed by atoms with van der Waals surface area (Å²) in [5.74, 6) is -2.72. The Balaban J connectivity index is 2.12. The van der Waals surface area contributed by atoms with Crippen molar-refractivity contribution in [1.82, 2.24) is 4.98 Å². The molecule has 0 aliphatic carbocycles. The zero-order chi connectivity index (χ0) is 14.8. The summed E-state index contributed by atoms with van der Waals surface area (Å²) in [5.41, 5.74) is -0.242. The van der Waals surface area contributed by atoms with Crippen LogP contribution in [0.3, 0.4) is 0 Å². The van der Waals surface area contributed by atoms with Crippen LogP contribution in [0.25, 0.3) is 0 Å². The molecule has 1 aromatic heterocycles. The van der Waals surface area contributed by atoms with Crippen LogP contribution in [0.4, 0.5) is 8.78 Å². The van der Waals surface area contributed by atoms with Gasteiger partial charge in [0.1, 0.15) is 22.4 Å². The molecule has 0 bridgehead atoms. The van der Waals surface area contributed by atoms with Crippen molar-refractivity contribution >= 4 is 21.2 Å². The second kappa shape index (κ2) is 5.94. The summed E-state index contributed by atoms with van der Waals surface area (Å²) in [7, 11) is -3.64. The highest BCUT2D eigenvalue weighted by molar-refractivity contribution is 7.90. The number of hydrogen-bond acceptors (Lipinski definition) is 5. The summed E-state index contributed by atoms with van der Waals surface area (Å²) in [5, 5.41) is 11.8. The minimum atomic E-state index is -3.64. The molecule has 2 aromatic rings. The van der Waals surface area contributed by atoms with Gasteiger partial charge in [0.2, 0.25) is 0 Å². The Bertz CT molecular complexity index is 687. The van der Waals surface area contributed by atoms with Crippen LogP contribution >= 0.6 is 11.3 Å². The molecule has 1 N–H and O–H groups in total. The van der Waals surface area contributed by atoms with Crippen molar-refractivity contribution < 1.29 is 22.3 Å². The third-order valence-electron chi connectivity index (χ3n) is 2.56. The number of benzene rings is 1. The SMILES string of the molecule is O=S(=O)(Cc1nccs1)CC(O)c1ccc(F)cc1F. The molecule has 0 aliphatic heterocycles. The van der Waals surface area contributed by atoms with E-state index in [1.165, 1.54) is 17.5 Å². The first-order valence-electron chi connectivity index (χ1n) is 5.59. The maximum absolute atomic E-state index is 13.4. The largest absolute Gasteiger partial charge is 0.387 e. The molecule has 0 saturated heterocycles. The van der Waals surface area contributed by atoms with Crippen LogP contribution in [0, 0.1) is 11.6 Å². The van der Waals surface area contributed by atoms with Crippen molar-refractivity contribution in [3.05, 3.63) is 52.0 Å². The highest BCUT2D eigenvalue weighted by Crippen LogP contribution is 2.21. The molecule has 108 valence electrons. The van der Waals surface area contributed by atoms with Gasteiger partial charge in [-0.15, -0.1) is 11.3 Å². The highest BCUT2D eigenvalue weighted by atomic mass is 32.2. The van der Waals surface area contributed by atoms with E-state index in [4.69, 9.17) is 0 Å². The van der Waals surface area contributed by atoms with Crippen molar-refractivity contribution in [3.63, 3.8) is 0 Å². The van der Waals surface area contributed by atoms with Crippen LogP contribution in [-0.4, -0.2) is 24.3 Å². The fourth-order valence-electron chi connectivity index (χ4n) is 1.67. The molecule has 4 nitrogen and oxygen atoms in total. The number of thiazole rings is 1. The molecule has 1 aromatic carbocycles. The van der Waals surface area contributed by atoms with Gasteiger partial charge >= 0.3 is 0 Å². The third-order valence-corrected chi connectivity index (χ3v) is 5.06. The highest BCUT2D eigenvalue weighted by Gasteiger charge is 2.22. The molecule has 2 rings (SSSR count). The first-order valence-corrected chi connectivity index (χ1v) is 8.29. The minimum absolute atomic E-state index is 0.242. The first kappa shape index (κ1) is 15.0. The molecule has 1 heterocycles. The predicted molar refractivity (Wildman–Crippen MR) is 70.9 cm³/mol. The lowest BCUT2D eigenvalue weighted by Crippen LogP contribution is -2.17. The van der Waals surface area contributed by atoms with E-state index >= 15 is 0 Å². The Morgan fingerprint density at radius 2 is 2.10 bits per heavy atom. The lowest BCUT2D eigenvalue weighted by molar-refractivity contribution is 0.196. The number of hydrogen-bond donors (Lipinski definition) is 1. The molecule has 1 unspecified atom stereocenters. The summed E-state index contributed by atoms with van der Waals surface area (Å²) < 4.78 is 49.9. The lowest BCUT2D eigenvalue weighted by atomic mass is 10.1. The van der Waals surface area contributed by atoms with Gasteiger partial charge in [-0.05, 0) is 6.07 Å². The van der Waals surface area contributed by atoms with Gasteiger partial charge < -0.3 is 5.11 Å². The Hall–Kier alpha value is -1.38.